The fourth-order valence-corrected chi connectivity index (χ4v) is 3.81. The predicted molar refractivity (Wildman–Crippen MR) is 129 cm³/mol. The van der Waals surface area contributed by atoms with Crippen molar-refractivity contribution in [2.75, 3.05) is 16.8 Å². The monoisotopic (exact) mass is 451 g/mol. The van der Waals surface area contributed by atoms with E-state index in [1.165, 1.54) is 0 Å². The summed E-state index contributed by atoms with van der Waals surface area (Å²) in [4.78, 5) is 34.4. The van der Waals surface area contributed by atoms with Crippen molar-refractivity contribution >= 4 is 29.0 Å². The number of hydrogen-bond acceptors (Lipinski definition) is 6. The van der Waals surface area contributed by atoms with Crippen LogP contribution in [0.3, 0.4) is 0 Å². The van der Waals surface area contributed by atoms with Crippen molar-refractivity contribution in [2.24, 2.45) is 5.73 Å². The van der Waals surface area contributed by atoms with Crippen molar-refractivity contribution in [1.82, 2.24) is 9.97 Å². The highest BCUT2D eigenvalue weighted by Crippen LogP contribution is 2.37. The molecule has 0 fully saturated rings. The Morgan fingerprint density at radius 2 is 1.91 bits per heavy atom. The number of benzene rings is 2. The Morgan fingerprint density at radius 3 is 2.74 bits per heavy atom. The molecule has 2 amide bonds. The molecule has 0 bridgehead atoms. The van der Waals surface area contributed by atoms with E-state index >= 15 is 0 Å². The quantitative estimate of drug-likeness (QED) is 0.460. The minimum absolute atomic E-state index is 0.000298. The van der Waals surface area contributed by atoms with E-state index in [0.717, 1.165) is 16.7 Å². The van der Waals surface area contributed by atoms with Crippen molar-refractivity contribution < 1.29 is 14.3 Å². The maximum Gasteiger partial charge on any atom is 0.265 e. The summed E-state index contributed by atoms with van der Waals surface area (Å²) in [6.07, 6.45) is 5.15. The second-order valence-electron chi connectivity index (χ2n) is 7.81. The number of aromatic nitrogens is 2. The first-order chi connectivity index (χ1) is 16.6. The van der Waals surface area contributed by atoms with Gasteiger partial charge in [-0.15, -0.1) is 0 Å². The van der Waals surface area contributed by atoms with Crippen LogP contribution in [0.1, 0.15) is 15.9 Å². The zero-order chi connectivity index (χ0) is 23.5. The van der Waals surface area contributed by atoms with E-state index in [-0.39, 0.29) is 12.5 Å². The molecule has 2 aromatic heterocycles. The van der Waals surface area contributed by atoms with Gasteiger partial charge in [-0.3, -0.25) is 14.6 Å². The second-order valence-corrected chi connectivity index (χ2v) is 7.81. The fraction of sp³-hybridized carbons (Fsp3) is 0.0769. The molecule has 3 N–H and O–H groups in total. The minimum atomic E-state index is -0.493. The van der Waals surface area contributed by atoms with Gasteiger partial charge in [0, 0.05) is 29.8 Å². The van der Waals surface area contributed by atoms with Gasteiger partial charge < -0.3 is 20.7 Å². The number of carbonyl (C=O) groups is 2. The van der Waals surface area contributed by atoms with E-state index < -0.39 is 5.91 Å². The first-order valence-electron chi connectivity index (χ1n) is 10.7. The lowest BCUT2D eigenvalue weighted by atomic mass is 10.0. The number of anilines is 3. The van der Waals surface area contributed by atoms with Gasteiger partial charge in [0.2, 0.25) is 5.91 Å². The van der Waals surface area contributed by atoms with Crippen LogP contribution in [0, 0.1) is 0 Å². The highest BCUT2D eigenvalue weighted by Gasteiger charge is 2.26. The van der Waals surface area contributed by atoms with Crippen LogP contribution in [-0.2, 0) is 11.3 Å². The van der Waals surface area contributed by atoms with Crippen LogP contribution in [0.2, 0.25) is 0 Å². The van der Waals surface area contributed by atoms with Crippen LogP contribution in [0.25, 0.3) is 11.1 Å². The summed E-state index contributed by atoms with van der Waals surface area (Å²) in [6.45, 7) is 0.409. The fourth-order valence-electron chi connectivity index (χ4n) is 3.81. The van der Waals surface area contributed by atoms with E-state index in [9.17, 15) is 9.59 Å². The largest absolute Gasteiger partial charge is 0.482 e. The Labute approximate surface area is 196 Å². The van der Waals surface area contributed by atoms with Crippen LogP contribution >= 0.6 is 0 Å². The minimum Gasteiger partial charge on any atom is -0.482 e. The van der Waals surface area contributed by atoms with Crippen molar-refractivity contribution in [3.63, 3.8) is 0 Å². The molecule has 2 aromatic carbocycles. The Hall–Kier alpha value is -4.72. The molecule has 34 heavy (non-hydrogen) atoms. The summed E-state index contributed by atoms with van der Waals surface area (Å²) in [5.41, 5.74) is 9.95. The van der Waals surface area contributed by atoms with E-state index in [1.807, 2.05) is 48.5 Å². The van der Waals surface area contributed by atoms with Crippen LogP contribution in [0.5, 0.6) is 5.75 Å². The van der Waals surface area contributed by atoms with Gasteiger partial charge in [-0.2, -0.15) is 0 Å². The molecule has 0 radical (unpaired) electrons. The standard InChI is InChI=1S/C26H21N5O3/c27-26(33)20-4-1-5-21(11-20)30-24-13-19(8-10-29-24)18-6-7-23-22(12-18)31(25(32)16-34-23)15-17-3-2-9-28-14-17/h1-14H,15-16H2,(H2,27,33)(H,29,30). The number of hydrogen-bond donors (Lipinski definition) is 2. The van der Waals surface area contributed by atoms with Gasteiger partial charge in [-0.05, 0) is 65.2 Å². The number of carbonyl (C=O) groups excluding carboxylic acids is 2. The van der Waals surface area contributed by atoms with Crippen molar-refractivity contribution in [3.8, 4) is 16.9 Å². The molecule has 0 aliphatic carbocycles. The van der Waals surface area contributed by atoms with Gasteiger partial charge in [0.1, 0.15) is 11.6 Å². The van der Waals surface area contributed by atoms with Crippen molar-refractivity contribution in [1.29, 1.82) is 0 Å². The van der Waals surface area contributed by atoms with E-state index in [2.05, 4.69) is 15.3 Å². The third-order valence-corrected chi connectivity index (χ3v) is 5.48. The lowest BCUT2D eigenvalue weighted by Gasteiger charge is -2.30. The Balaban J connectivity index is 1.44. The molecule has 1 aliphatic heterocycles. The number of ether oxygens (including phenoxy) is 1. The average molecular weight is 451 g/mol. The first-order valence-corrected chi connectivity index (χ1v) is 10.7. The van der Waals surface area contributed by atoms with Gasteiger partial charge in [0.25, 0.3) is 5.91 Å². The van der Waals surface area contributed by atoms with E-state index in [0.29, 0.717) is 35.1 Å². The molecule has 5 rings (SSSR count). The number of amides is 2. The van der Waals surface area contributed by atoms with Crippen LogP contribution in [0.15, 0.2) is 85.3 Å². The number of nitrogens with two attached hydrogens (primary N) is 1. The van der Waals surface area contributed by atoms with Gasteiger partial charge >= 0.3 is 0 Å². The Bertz CT molecular complexity index is 1370. The van der Waals surface area contributed by atoms with Crippen LogP contribution < -0.4 is 20.7 Å². The highest BCUT2D eigenvalue weighted by molar-refractivity contribution is 5.98. The molecule has 8 nitrogen and oxygen atoms in total. The Kier molecular flexibility index (Phi) is 5.61. The summed E-state index contributed by atoms with van der Waals surface area (Å²) in [5.74, 6) is 0.659. The van der Waals surface area contributed by atoms with Gasteiger partial charge in [-0.1, -0.05) is 18.2 Å². The number of nitrogens with zero attached hydrogens (tertiary/aromatic N) is 3. The predicted octanol–water partition coefficient (Wildman–Crippen LogP) is 3.91. The molecule has 0 spiro atoms. The molecule has 4 aromatic rings. The summed E-state index contributed by atoms with van der Waals surface area (Å²) in [6, 6.07) is 20.3. The van der Waals surface area contributed by atoms with Crippen LogP contribution in [-0.4, -0.2) is 28.4 Å². The van der Waals surface area contributed by atoms with E-state index in [1.54, 1.807) is 41.7 Å². The first kappa shape index (κ1) is 21.1. The molecule has 0 saturated carbocycles. The summed E-state index contributed by atoms with van der Waals surface area (Å²) in [7, 11) is 0. The number of pyridine rings is 2. The second kappa shape index (κ2) is 9.03. The van der Waals surface area contributed by atoms with Gasteiger partial charge in [0.15, 0.2) is 6.61 Å². The SMILES string of the molecule is NC(=O)c1cccc(Nc2cc(-c3ccc4c(c3)N(Cc3cccnc3)C(=O)CO4)ccn2)c1. The average Bonchev–Trinajstić information content (AvgIpc) is 2.86. The lowest BCUT2D eigenvalue weighted by Crippen LogP contribution is -2.38. The molecule has 0 saturated heterocycles. The zero-order valence-electron chi connectivity index (χ0n) is 18.1. The molecule has 0 atom stereocenters. The Morgan fingerprint density at radius 1 is 1.03 bits per heavy atom. The molecular weight excluding hydrogens is 430 g/mol. The molecule has 1 aliphatic rings. The summed E-state index contributed by atoms with van der Waals surface area (Å²) in [5, 5.41) is 3.21. The number of rotatable bonds is 6. The molecule has 3 heterocycles. The van der Waals surface area contributed by atoms with Gasteiger partial charge in [-0.25, -0.2) is 4.98 Å². The molecule has 168 valence electrons. The zero-order valence-corrected chi connectivity index (χ0v) is 18.1. The molecular formula is C26H21N5O3. The van der Waals surface area contributed by atoms with Crippen LogP contribution in [0.4, 0.5) is 17.2 Å². The third kappa shape index (κ3) is 4.42. The smallest absolute Gasteiger partial charge is 0.265 e. The normalized spacial score (nSPS) is 12.6. The van der Waals surface area contributed by atoms with Gasteiger partial charge in [0.05, 0.1) is 12.2 Å². The van der Waals surface area contributed by atoms with Crippen molar-refractivity contribution in [3.05, 3.63) is 96.4 Å². The maximum absolute atomic E-state index is 12.7. The lowest BCUT2D eigenvalue weighted by molar-refractivity contribution is -0.121. The number of fused-ring (bicyclic) bond motifs is 1. The molecule has 0 unspecified atom stereocenters. The summed E-state index contributed by atoms with van der Waals surface area (Å²) >= 11 is 0. The number of nitrogens with one attached hydrogen (secondary N) is 1. The van der Waals surface area contributed by atoms with E-state index in [4.69, 9.17) is 10.5 Å². The molecule has 8 heteroatoms. The summed E-state index contributed by atoms with van der Waals surface area (Å²) < 4.78 is 5.66. The maximum atomic E-state index is 12.7. The number of primary amides is 1. The van der Waals surface area contributed by atoms with Crippen molar-refractivity contribution in [2.45, 2.75) is 6.54 Å². The highest BCUT2D eigenvalue weighted by atomic mass is 16.5. The third-order valence-electron chi connectivity index (χ3n) is 5.48. The topological polar surface area (TPSA) is 110 Å².